The number of aliphatic hydroxyl groups is 1. The van der Waals surface area contributed by atoms with Crippen LogP contribution in [0.5, 0.6) is 5.75 Å². The minimum Gasteiger partial charge on any atom is -0.497 e. The van der Waals surface area contributed by atoms with E-state index >= 15 is 0 Å². The normalized spacial score (nSPS) is 11.9. The number of nitrogens with one attached hydrogen (secondary N) is 2. The fourth-order valence-electron chi connectivity index (χ4n) is 2.68. The molecule has 0 saturated carbocycles. The molecule has 0 atom stereocenters. The van der Waals surface area contributed by atoms with E-state index in [-0.39, 0.29) is 0 Å². The highest BCUT2D eigenvalue weighted by molar-refractivity contribution is 5.65. The smallest absolute Gasteiger partial charge is 0.405 e. The first kappa shape index (κ1) is 20.1. The molecule has 0 bridgehead atoms. The van der Waals surface area contributed by atoms with Crippen molar-refractivity contribution >= 4 is 11.8 Å². The lowest BCUT2D eigenvalue weighted by atomic mass is 9.87. The van der Waals surface area contributed by atoms with Crippen molar-refractivity contribution in [3.8, 4) is 5.75 Å². The Morgan fingerprint density at radius 2 is 1.88 bits per heavy atom. The lowest BCUT2D eigenvalue weighted by Crippen LogP contribution is -2.43. The summed E-state index contributed by atoms with van der Waals surface area (Å²) < 4.78 is 5.28. The van der Waals surface area contributed by atoms with Gasteiger partial charge in [0.15, 0.2) is 0 Å². The van der Waals surface area contributed by atoms with Gasteiger partial charge in [-0.15, -0.1) is 0 Å². The summed E-state index contributed by atoms with van der Waals surface area (Å²) in [6.45, 7) is 8.16. The van der Waals surface area contributed by atoms with Crippen LogP contribution in [-0.4, -0.2) is 35.5 Å². The molecule has 0 aliphatic heterocycles. The van der Waals surface area contributed by atoms with Gasteiger partial charge in [-0.3, -0.25) is 0 Å². The van der Waals surface area contributed by atoms with Crippen LogP contribution in [0.1, 0.15) is 52.5 Å². The van der Waals surface area contributed by atoms with Gasteiger partial charge in [0.05, 0.1) is 12.7 Å². The van der Waals surface area contributed by atoms with Crippen molar-refractivity contribution in [1.82, 2.24) is 5.32 Å². The molecule has 1 aromatic carbocycles. The number of methoxy groups -OCH3 is 1. The highest BCUT2D eigenvalue weighted by Crippen LogP contribution is 2.36. The van der Waals surface area contributed by atoms with Crippen LogP contribution < -0.4 is 15.4 Å². The lowest BCUT2D eigenvalue weighted by Gasteiger charge is -2.30. The van der Waals surface area contributed by atoms with Crippen molar-refractivity contribution in [3.05, 3.63) is 23.8 Å². The van der Waals surface area contributed by atoms with Gasteiger partial charge in [0.2, 0.25) is 0 Å². The molecular weight excluding hydrogens is 308 g/mol. The van der Waals surface area contributed by atoms with Crippen LogP contribution in [0.15, 0.2) is 18.2 Å². The molecule has 0 spiro atoms. The Bertz CT molecular complexity index is 554. The molecule has 6 nitrogen and oxygen atoms in total. The molecule has 0 aliphatic carbocycles. The first-order chi connectivity index (χ1) is 11.2. The Morgan fingerprint density at radius 1 is 1.25 bits per heavy atom. The van der Waals surface area contributed by atoms with E-state index in [0.29, 0.717) is 31.6 Å². The molecule has 1 rings (SSSR count). The Morgan fingerprint density at radius 3 is 2.38 bits per heavy atom. The van der Waals surface area contributed by atoms with Gasteiger partial charge in [-0.2, -0.15) is 0 Å². The number of carboxylic acid groups (broad SMARTS) is 1. The van der Waals surface area contributed by atoms with Crippen molar-refractivity contribution in [2.24, 2.45) is 0 Å². The third-order valence-corrected chi connectivity index (χ3v) is 4.41. The summed E-state index contributed by atoms with van der Waals surface area (Å²) in [5.41, 5.74) is 0.187. The van der Waals surface area contributed by atoms with Gasteiger partial charge < -0.3 is 25.6 Å². The molecular formula is C18H30N2O4. The highest BCUT2D eigenvalue weighted by Gasteiger charge is 2.28. The van der Waals surface area contributed by atoms with Crippen molar-refractivity contribution in [2.45, 2.75) is 58.1 Å². The van der Waals surface area contributed by atoms with Crippen LogP contribution in [0.3, 0.4) is 0 Å². The van der Waals surface area contributed by atoms with Crippen LogP contribution in [-0.2, 0) is 5.60 Å². The van der Waals surface area contributed by atoms with Gasteiger partial charge in [0.1, 0.15) is 5.75 Å². The molecule has 6 heteroatoms. The van der Waals surface area contributed by atoms with Gasteiger partial charge in [-0.25, -0.2) is 4.79 Å². The summed E-state index contributed by atoms with van der Waals surface area (Å²) >= 11 is 0. The average Bonchev–Trinajstić information content (AvgIpc) is 2.53. The topological polar surface area (TPSA) is 90.8 Å². The summed E-state index contributed by atoms with van der Waals surface area (Å²) in [4.78, 5) is 10.8. The first-order valence-corrected chi connectivity index (χ1v) is 8.33. The van der Waals surface area contributed by atoms with Gasteiger partial charge in [0, 0.05) is 23.3 Å². The Kier molecular flexibility index (Phi) is 6.90. The molecule has 136 valence electrons. The summed E-state index contributed by atoms with van der Waals surface area (Å²) in [5, 5.41) is 25.6. The van der Waals surface area contributed by atoms with Crippen LogP contribution in [0, 0.1) is 0 Å². The number of hydrogen-bond acceptors (Lipinski definition) is 4. The van der Waals surface area contributed by atoms with E-state index in [4.69, 9.17) is 9.84 Å². The number of anilines is 1. The monoisotopic (exact) mass is 338 g/mol. The van der Waals surface area contributed by atoms with Gasteiger partial charge in [-0.05, 0) is 51.3 Å². The maximum absolute atomic E-state index is 10.9. The molecule has 1 amide bonds. The van der Waals surface area contributed by atoms with E-state index in [9.17, 15) is 9.90 Å². The molecule has 4 N–H and O–H groups in total. The van der Waals surface area contributed by atoms with Crippen molar-refractivity contribution in [2.75, 3.05) is 19.0 Å². The molecule has 0 saturated heterocycles. The van der Waals surface area contributed by atoms with E-state index < -0.39 is 17.2 Å². The number of rotatable bonds is 9. The van der Waals surface area contributed by atoms with Gasteiger partial charge in [0.25, 0.3) is 0 Å². The van der Waals surface area contributed by atoms with Crippen LogP contribution in [0.2, 0.25) is 0 Å². The summed E-state index contributed by atoms with van der Waals surface area (Å²) in [7, 11) is 1.60. The predicted molar refractivity (Wildman–Crippen MR) is 95.8 cm³/mol. The lowest BCUT2D eigenvalue weighted by molar-refractivity contribution is 0.0289. The van der Waals surface area contributed by atoms with Crippen molar-refractivity contribution in [3.63, 3.8) is 0 Å². The summed E-state index contributed by atoms with van der Waals surface area (Å²) in [5.74, 6) is 0.698. The van der Waals surface area contributed by atoms with Crippen LogP contribution in [0.25, 0.3) is 0 Å². The molecule has 0 radical (unpaired) electrons. The van der Waals surface area contributed by atoms with E-state index in [1.54, 1.807) is 7.11 Å². The summed E-state index contributed by atoms with van der Waals surface area (Å²) in [6.07, 6.45) is 0.771. The Hall–Kier alpha value is -1.95. The zero-order valence-electron chi connectivity index (χ0n) is 15.3. The fraction of sp³-hybridized carbons (Fsp3) is 0.611. The van der Waals surface area contributed by atoms with Crippen molar-refractivity contribution in [1.29, 1.82) is 0 Å². The van der Waals surface area contributed by atoms with Crippen LogP contribution >= 0.6 is 0 Å². The quantitative estimate of drug-likeness (QED) is 0.553. The number of hydrogen-bond donors (Lipinski definition) is 4. The van der Waals surface area contributed by atoms with E-state index in [2.05, 4.69) is 10.6 Å². The number of ether oxygens (including phenoxy) is 1. The largest absolute Gasteiger partial charge is 0.497 e. The third-order valence-electron chi connectivity index (χ3n) is 4.41. The van der Waals surface area contributed by atoms with Gasteiger partial charge >= 0.3 is 6.09 Å². The van der Waals surface area contributed by atoms with Gasteiger partial charge in [-0.1, -0.05) is 13.8 Å². The second kappa shape index (κ2) is 8.24. The Labute approximate surface area is 144 Å². The second-order valence-electron chi connectivity index (χ2n) is 6.64. The minimum absolute atomic E-state index is 0.530. The molecule has 1 aromatic rings. The number of carbonyl (C=O) groups is 1. The maximum atomic E-state index is 10.9. The molecule has 0 aliphatic rings. The predicted octanol–water partition coefficient (Wildman–Crippen LogP) is 3.55. The standard InChI is InChI=1S/C18H30N2O4/c1-6-18(23,7-2)14-12-13(24-5)8-9-15(14)19-11-10-17(3,4)20-16(21)22/h8-9,12,19-20,23H,6-7,10-11H2,1-5H3,(H,21,22). The second-order valence-corrected chi connectivity index (χ2v) is 6.64. The zero-order valence-corrected chi connectivity index (χ0v) is 15.3. The molecule has 0 aromatic heterocycles. The zero-order chi connectivity index (χ0) is 18.4. The minimum atomic E-state index is -1.03. The molecule has 0 heterocycles. The molecule has 0 fully saturated rings. The van der Waals surface area contributed by atoms with E-state index in [0.717, 1.165) is 11.3 Å². The highest BCUT2D eigenvalue weighted by atomic mass is 16.5. The Balaban J connectivity index is 2.93. The SMILES string of the molecule is CCC(O)(CC)c1cc(OC)ccc1NCCC(C)(C)NC(=O)O. The summed E-state index contributed by atoms with van der Waals surface area (Å²) in [6, 6.07) is 5.59. The van der Waals surface area contributed by atoms with E-state index in [1.807, 2.05) is 45.9 Å². The van der Waals surface area contributed by atoms with Crippen molar-refractivity contribution < 1.29 is 19.7 Å². The average molecular weight is 338 g/mol. The number of amides is 1. The maximum Gasteiger partial charge on any atom is 0.405 e. The fourth-order valence-corrected chi connectivity index (χ4v) is 2.68. The third kappa shape index (κ3) is 5.30. The molecule has 0 unspecified atom stereocenters. The van der Waals surface area contributed by atoms with Crippen LogP contribution in [0.4, 0.5) is 10.5 Å². The van der Waals surface area contributed by atoms with E-state index in [1.165, 1.54) is 0 Å². The molecule has 24 heavy (non-hydrogen) atoms. The first-order valence-electron chi connectivity index (χ1n) is 8.33. The number of benzene rings is 1.